The number of hydrogen-bond donors (Lipinski definition) is 2. The number of furan rings is 1. The molecule has 4 nitrogen and oxygen atoms in total. The predicted octanol–water partition coefficient (Wildman–Crippen LogP) is 1.86. The maximum Gasteiger partial charge on any atom is 0.252 e. The number of aryl methyl sites for hydroxylation is 1. The number of aliphatic hydroxyl groups excluding tert-OH is 1. The molecule has 1 amide bonds. The van der Waals surface area contributed by atoms with Crippen molar-refractivity contribution in [1.82, 2.24) is 5.32 Å². The third-order valence-corrected chi connectivity index (χ3v) is 2.73. The Morgan fingerprint density at radius 3 is 2.95 bits per heavy atom. The Morgan fingerprint density at radius 2 is 2.25 bits per heavy atom. The summed E-state index contributed by atoms with van der Waals surface area (Å²) in [6.45, 7) is 2.02. The van der Waals surface area contributed by atoms with Crippen LogP contribution in [0, 0.1) is 18.8 Å². The monoisotopic (exact) mass is 269 g/mol. The van der Waals surface area contributed by atoms with Crippen LogP contribution in [0.5, 0.6) is 0 Å². The molecule has 0 radical (unpaired) electrons. The summed E-state index contributed by atoms with van der Waals surface area (Å²) in [4.78, 5) is 12.2. The Bertz CT molecular complexity index is 648. The van der Waals surface area contributed by atoms with Gasteiger partial charge in [0.1, 0.15) is 12.4 Å². The summed E-state index contributed by atoms with van der Waals surface area (Å²) in [5.41, 5.74) is 2.11. The smallest absolute Gasteiger partial charge is 0.252 e. The maximum atomic E-state index is 12.2. The van der Waals surface area contributed by atoms with E-state index in [0.717, 1.165) is 5.56 Å². The van der Waals surface area contributed by atoms with Gasteiger partial charge >= 0.3 is 0 Å². The highest BCUT2D eigenvalue weighted by molar-refractivity contribution is 5.96. The topological polar surface area (TPSA) is 62.5 Å². The average Bonchev–Trinajstić information content (AvgIpc) is 2.96. The van der Waals surface area contributed by atoms with E-state index in [4.69, 9.17) is 9.52 Å². The Morgan fingerprint density at radius 1 is 1.40 bits per heavy atom. The van der Waals surface area contributed by atoms with E-state index in [2.05, 4.69) is 17.2 Å². The van der Waals surface area contributed by atoms with Crippen molar-refractivity contribution in [3.8, 4) is 11.8 Å². The molecule has 0 fully saturated rings. The number of nitrogens with one attached hydrogen (secondary N) is 1. The first-order chi connectivity index (χ1) is 9.70. The van der Waals surface area contributed by atoms with E-state index in [1.807, 2.05) is 19.1 Å². The van der Waals surface area contributed by atoms with Gasteiger partial charge in [0.05, 0.1) is 18.4 Å². The molecule has 0 saturated heterocycles. The Balaban J connectivity index is 2.16. The van der Waals surface area contributed by atoms with Gasteiger partial charge in [-0.1, -0.05) is 17.9 Å². The molecule has 2 N–H and O–H groups in total. The molecule has 0 aliphatic rings. The van der Waals surface area contributed by atoms with Gasteiger partial charge in [-0.05, 0) is 36.8 Å². The van der Waals surface area contributed by atoms with Crippen molar-refractivity contribution in [3.63, 3.8) is 0 Å². The van der Waals surface area contributed by atoms with Gasteiger partial charge < -0.3 is 14.8 Å². The molecule has 102 valence electrons. The summed E-state index contributed by atoms with van der Waals surface area (Å²) in [6, 6.07) is 8.97. The molecule has 0 bridgehead atoms. The molecule has 0 spiro atoms. The third kappa shape index (κ3) is 3.50. The lowest BCUT2D eigenvalue weighted by atomic mass is 10.0. The minimum Gasteiger partial charge on any atom is -0.467 e. The van der Waals surface area contributed by atoms with Crippen LogP contribution >= 0.6 is 0 Å². The second-order valence-corrected chi connectivity index (χ2v) is 4.27. The molecule has 1 aromatic carbocycles. The molecule has 20 heavy (non-hydrogen) atoms. The summed E-state index contributed by atoms with van der Waals surface area (Å²) in [7, 11) is 0. The van der Waals surface area contributed by atoms with Gasteiger partial charge in [-0.25, -0.2) is 0 Å². The molecule has 0 aliphatic carbocycles. The third-order valence-electron chi connectivity index (χ3n) is 2.73. The van der Waals surface area contributed by atoms with Crippen LogP contribution in [0.2, 0.25) is 0 Å². The number of hydrogen-bond acceptors (Lipinski definition) is 3. The molecule has 1 heterocycles. The SMILES string of the molecule is Cc1ccc(C(=O)NCc2ccco2)c(C#CCO)c1. The summed E-state index contributed by atoms with van der Waals surface area (Å²) in [5, 5.41) is 11.5. The fourth-order valence-corrected chi connectivity index (χ4v) is 1.77. The lowest BCUT2D eigenvalue weighted by molar-refractivity contribution is 0.0948. The lowest BCUT2D eigenvalue weighted by Crippen LogP contribution is -2.23. The van der Waals surface area contributed by atoms with Crippen LogP contribution in [-0.2, 0) is 6.54 Å². The highest BCUT2D eigenvalue weighted by atomic mass is 16.3. The van der Waals surface area contributed by atoms with Gasteiger partial charge in [0.25, 0.3) is 5.91 Å². The van der Waals surface area contributed by atoms with Crippen LogP contribution in [-0.4, -0.2) is 17.6 Å². The van der Waals surface area contributed by atoms with E-state index >= 15 is 0 Å². The molecule has 4 heteroatoms. The fourth-order valence-electron chi connectivity index (χ4n) is 1.77. The quantitative estimate of drug-likeness (QED) is 0.836. The minimum absolute atomic E-state index is 0.219. The highest BCUT2D eigenvalue weighted by Crippen LogP contribution is 2.11. The van der Waals surface area contributed by atoms with Gasteiger partial charge in [0, 0.05) is 5.56 Å². The second kappa shape index (κ2) is 6.60. The standard InChI is InChI=1S/C16H15NO3/c1-12-6-7-15(13(10-12)4-2-8-18)16(19)17-11-14-5-3-9-20-14/h3,5-7,9-10,18H,8,11H2,1H3,(H,17,19). The van der Waals surface area contributed by atoms with Crippen LogP contribution in [0.25, 0.3) is 0 Å². The lowest BCUT2D eigenvalue weighted by Gasteiger charge is -2.06. The largest absolute Gasteiger partial charge is 0.467 e. The maximum absolute atomic E-state index is 12.2. The second-order valence-electron chi connectivity index (χ2n) is 4.27. The first-order valence-electron chi connectivity index (χ1n) is 6.21. The number of benzene rings is 1. The van der Waals surface area contributed by atoms with Crippen molar-refractivity contribution >= 4 is 5.91 Å². The van der Waals surface area contributed by atoms with Gasteiger partial charge in [-0.3, -0.25) is 4.79 Å². The van der Waals surface area contributed by atoms with Crippen molar-refractivity contribution in [2.24, 2.45) is 0 Å². The van der Waals surface area contributed by atoms with Gasteiger partial charge in [0.15, 0.2) is 0 Å². The van der Waals surface area contributed by atoms with Crippen molar-refractivity contribution in [3.05, 3.63) is 59.0 Å². The Hall–Kier alpha value is -2.51. The Labute approximate surface area is 117 Å². The van der Waals surface area contributed by atoms with Gasteiger partial charge in [-0.2, -0.15) is 0 Å². The van der Waals surface area contributed by atoms with Crippen LogP contribution < -0.4 is 5.32 Å². The molecule has 0 atom stereocenters. The number of amides is 1. The molecule has 2 aromatic rings. The normalized spacial score (nSPS) is 9.70. The first-order valence-corrected chi connectivity index (χ1v) is 6.21. The van der Waals surface area contributed by atoms with Crippen LogP contribution in [0.1, 0.15) is 27.2 Å². The van der Waals surface area contributed by atoms with E-state index in [1.54, 1.807) is 24.5 Å². The molecule has 0 unspecified atom stereocenters. The average molecular weight is 269 g/mol. The van der Waals surface area contributed by atoms with Crippen LogP contribution in [0.3, 0.4) is 0 Å². The molecular weight excluding hydrogens is 254 g/mol. The van der Waals surface area contributed by atoms with Crippen molar-refractivity contribution in [2.45, 2.75) is 13.5 Å². The van der Waals surface area contributed by atoms with Crippen molar-refractivity contribution in [2.75, 3.05) is 6.61 Å². The molecule has 0 saturated carbocycles. The zero-order valence-corrected chi connectivity index (χ0v) is 11.1. The van der Waals surface area contributed by atoms with E-state index in [1.165, 1.54) is 0 Å². The number of rotatable bonds is 3. The van der Waals surface area contributed by atoms with Crippen molar-refractivity contribution in [1.29, 1.82) is 0 Å². The fraction of sp³-hybridized carbons (Fsp3) is 0.188. The van der Waals surface area contributed by atoms with Gasteiger partial charge in [0.2, 0.25) is 0 Å². The summed E-state index contributed by atoms with van der Waals surface area (Å²) >= 11 is 0. The molecular formula is C16H15NO3. The molecule has 1 aromatic heterocycles. The number of carbonyl (C=O) groups excluding carboxylic acids is 1. The molecule has 2 rings (SSSR count). The van der Waals surface area contributed by atoms with E-state index in [9.17, 15) is 4.79 Å². The number of carbonyl (C=O) groups is 1. The van der Waals surface area contributed by atoms with Gasteiger partial charge in [-0.15, -0.1) is 0 Å². The minimum atomic E-state index is -0.235. The van der Waals surface area contributed by atoms with E-state index in [-0.39, 0.29) is 12.5 Å². The predicted molar refractivity (Wildman–Crippen MR) is 75.0 cm³/mol. The summed E-state index contributed by atoms with van der Waals surface area (Å²) < 4.78 is 5.16. The summed E-state index contributed by atoms with van der Waals surface area (Å²) in [5.74, 6) is 5.83. The van der Waals surface area contributed by atoms with Crippen molar-refractivity contribution < 1.29 is 14.3 Å². The van der Waals surface area contributed by atoms with E-state index < -0.39 is 0 Å². The highest BCUT2D eigenvalue weighted by Gasteiger charge is 2.10. The Kier molecular flexibility index (Phi) is 4.59. The van der Waals surface area contributed by atoms with Crippen LogP contribution in [0.15, 0.2) is 41.0 Å². The zero-order chi connectivity index (χ0) is 14.4. The number of aliphatic hydroxyl groups is 1. The first kappa shape index (κ1) is 13.9. The summed E-state index contributed by atoms with van der Waals surface area (Å²) in [6.07, 6.45) is 1.56. The zero-order valence-electron chi connectivity index (χ0n) is 11.1. The van der Waals surface area contributed by atoms with Crippen LogP contribution in [0.4, 0.5) is 0 Å². The van der Waals surface area contributed by atoms with E-state index in [0.29, 0.717) is 23.4 Å². The molecule has 0 aliphatic heterocycles.